The molecule has 0 aromatic heterocycles. The Balaban J connectivity index is 0.000000695. The van der Waals surface area contributed by atoms with Gasteiger partial charge < -0.3 is 9.47 Å². The van der Waals surface area contributed by atoms with Gasteiger partial charge in [0, 0.05) is 6.61 Å². The van der Waals surface area contributed by atoms with Gasteiger partial charge in [0.25, 0.3) is 0 Å². The first kappa shape index (κ1) is 32.2. The predicted molar refractivity (Wildman–Crippen MR) is 167 cm³/mol. The summed E-state index contributed by atoms with van der Waals surface area (Å²) in [6.07, 6.45) is 19.9. The van der Waals surface area contributed by atoms with Crippen LogP contribution >= 0.6 is 0 Å². The number of hydrogen-bond donors (Lipinski definition) is 0. The van der Waals surface area contributed by atoms with Crippen LogP contribution in [0.4, 0.5) is 0 Å². The topological polar surface area (TPSA) is 47.9 Å². The van der Waals surface area contributed by atoms with Gasteiger partial charge in [0.05, 0.1) is 12.6 Å². The summed E-state index contributed by atoms with van der Waals surface area (Å²) in [7, 11) is 0. The molecule has 0 aromatic rings. The molecule has 0 spiro atoms. The zero-order valence-corrected chi connectivity index (χ0v) is 27.3. The SMILES string of the molecule is C=CC.CC.CC1C(N=O)CCC2(C)C1CCC1(C)C2CCC2C3CCCC3(COC3CCCCO3)CC[C@]21C. The van der Waals surface area contributed by atoms with Gasteiger partial charge in [0.15, 0.2) is 6.29 Å². The maximum atomic E-state index is 11.6. The molecule has 0 aromatic carbocycles. The lowest BCUT2D eigenvalue weighted by atomic mass is 9.33. The van der Waals surface area contributed by atoms with E-state index in [1.54, 1.807) is 6.08 Å². The molecule has 0 radical (unpaired) electrons. The van der Waals surface area contributed by atoms with E-state index < -0.39 is 0 Å². The zero-order valence-electron chi connectivity index (χ0n) is 27.3. The van der Waals surface area contributed by atoms with E-state index in [0.717, 1.165) is 43.8 Å². The fraction of sp³-hybridized carbons (Fsp3) is 0.944. The van der Waals surface area contributed by atoms with Gasteiger partial charge in [-0.15, -0.1) is 6.58 Å². The maximum Gasteiger partial charge on any atom is 0.157 e. The van der Waals surface area contributed by atoms with E-state index in [-0.39, 0.29) is 12.3 Å². The van der Waals surface area contributed by atoms with Crippen molar-refractivity contribution in [2.24, 2.45) is 56.4 Å². The number of nitrogens with zero attached hydrogens (tertiary/aromatic N) is 1. The van der Waals surface area contributed by atoms with Crippen molar-refractivity contribution >= 4 is 0 Å². The summed E-state index contributed by atoms with van der Waals surface area (Å²) in [6.45, 7) is 21.5. The molecule has 11 atom stereocenters. The van der Waals surface area contributed by atoms with Crippen molar-refractivity contribution in [3.05, 3.63) is 17.6 Å². The Morgan fingerprint density at radius 3 is 2.27 bits per heavy atom. The van der Waals surface area contributed by atoms with Crippen LogP contribution < -0.4 is 0 Å². The first-order valence-corrected chi connectivity index (χ1v) is 17.3. The number of nitroso groups, excluding NO2 is 1. The lowest BCUT2D eigenvalue weighted by Gasteiger charge is -2.71. The molecule has 230 valence electrons. The van der Waals surface area contributed by atoms with Gasteiger partial charge in [0.1, 0.15) is 0 Å². The standard InChI is InChI=1S/C31H51NO3.C3H6.C2H6/c1-21-22-12-16-30(4)26(28(22,2)15-13-25(21)32-33)11-10-23-24-8-7-14-31(24,18-17-29(23,30)3)20-35-27-9-5-6-19-34-27;1-3-2;1-2/h21-27H,5-20H2,1-4H3;3H,1H2,2H3;1-2H3/t21?,22?,23?,24?,25?,26?,27?,28?,29-,30?,31?;;/m1../s1. The van der Waals surface area contributed by atoms with Gasteiger partial charge in [-0.3, -0.25) is 0 Å². The third-order valence-electron chi connectivity index (χ3n) is 13.9. The predicted octanol–water partition coefficient (Wildman–Crippen LogP) is 10.3. The molecule has 40 heavy (non-hydrogen) atoms. The van der Waals surface area contributed by atoms with Crippen molar-refractivity contribution in [1.29, 1.82) is 0 Å². The van der Waals surface area contributed by atoms with E-state index in [4.69, 9.17) is 9.47 Å². The molecule has 6 rings (SSSR count). The second-order valence-electron chi connectivity index (χ2n) is 15.2. The van der Waals surface area contributed by atoms with Crippen LogP contribution in [-0.4, -0.2) is 25.5 Å². The molecule has 10 unspecified atom stereocenters. The lowest BCUT2D eigenvalue weighted by molar-refractivity contribution is -0.240. The molecule has 0 N–H and O–H groups in total. The quantitative estimate of drug-likeness (QED) is 0.255. The van der Waals surface area contributed by atoms with Gasteiger partial charge >= 0.3 is 0 Å². The van der Waals surface area contributed by atoms with Gasteiger partial charge in [0.2, 0.25) is 0 Å². The summed E-state index contributed by atoms with van der Waals surface area (Å²) in [4.78, 5) is 11.6. The Hall–Kier alpha value is -0.740. The van der Waals surface area contributed by atoms with E-state index in [9.17, 15) is 4.91 Å². The average Bonchev–Trinajstić information content (AvgIpc) is 3.39. The molecule has 6 fully saturated rings. The molecule has 4 heteroatoms. The Kier molecular flexibility index (Phi) is 10.3. The fourth-order valence-corrected chi connectivity index (χ4v) is 11.8. The summed E-state index contributed by atoms with van der Waals surface area (Å²) in [5.74, 6) is 3.61. The molecule has 5 saturated carbocycles. The number of allylic oxidation sites excluding steroid dienone is 1. The largest absolute Gasteiger partial charge is 0.353 e. The van der Waals surface area contributed by atoms with Crippen LogP contribution in [-0.2, 0) is 9.47 Å². The van der Waals surface area contributed by atoms with Crippen molar-refractivity contribution in [2.75, 3.05) is 13.2 Å². The Morgan fingerprint density at radius 2 is 1.60 bits per heavy atom. The zero-order chi connectivity index (χ0) is 29.2. The minimum absolute atomic E-state index is 0.0475. The van der Waals surface area contributed by atoms with Crippen molar-refractivity contribution in [1.82, 2.24) is 0 Å². The number of ether oxygens (including phenoxy) is 2. The van der Waals surface area contributed by atoms with Crippen molar-refractivity contribution < 1.29 is 9.47 Å². The summed E-state index contributed by atoms with van der Waals surface area (Å²) in [5, 5.41) is 3.58. The molecule has 1 aliphatic heterocycles. The minimum Gasteiger partial charge on any atom is -0.353 e. The maximum absolute atomic E-state index is 11.6. The second kappa shape index (κ2) is 12.9. The Labute approximate surface area is 247 Å². The molecule has 1 heterocycles. The van der Waals surface area contributed by atoms with Crippen molar-refractivity contribution in [2.45, 2.75) is 151 Å². The van der Waals surface area contributed by atoms with E-state index >= 15 is 0 Å². The molecular formula is C36H63NO3. The summed E-state index contributed by atoms with van der Waals surface area (Å²) >= 11 is 0. The first-order chi connectivity index (χ1) is 19.2. The highest BCUT2D eigenvalue weighted by atomic mass is 16.7. The average molecular weight is 558 g/mol. The van der Waals surface area contributed by atoms with Gasteiger partial charge in [-0.05, 0) is 142 Å². The number of hydrogen-bond acceptors (Lipinski definition) is 4. The minimum atomic E-state index is 0.0475. The third-order valence-corrected chi connectivity index (χ3v) is 13.9. The molecule has 5 aliphatic carbocycles. The highest BCUT2D eigenvalue weighted by Crippen LogP contribution is 2.76. The van der Waals surface area contributed by atoms with E-state index in [1.165, 1.54) is 77.0 Å². The van der Waals surface area contributed by atoms with Gasteiger partial charge in [-0.25, -0.2) is 0 Å². The molecule has 4 nitrogen and oxygen atoms in total. The van der Waals surface area contributed by atoms with E-state index in [2.05, 4.69) is 39.5 Å². The summed E-state index contributed by atoms with van der Waals surface area (Å²) < 4.78 is 12.5. The lowest BCUT2D eigenvalue weighted by Crippen LogP contribution is -2.65. The van der Waals surface area contributed by atoms with Crippen LogP contribution in [0.15, 0.2) is 17.8 Å². The monoisotopic (exact) mass is 557 g/mol. The van der Waals surface area contributed by atoms with Crippen LogP contribution in [0.5, 0.6) is 0 Å². The Morgan fingerprint density at radius 1 is 0.850 bits per heavy atom. The highest BCUT2D eigenvalue weighted by molar-refractivity contribution is 5.17. The molecule has 0 bridgehead atoms. The molecule has 0 amide bonds. The summed E-state index contributed by atoms with van der Waals surface area (Å²) in [6, 6.07) is 0.0475. The number of fused-ring (bicyclic) bond motifs is 7. The van der Waals surface area contributed by atoms with Gasteiger partial charge in [-0.1, -0.05) is 59.2 Å². The van der Waals surface area contributed by atoms with Crippen LogP contribution in [0.25, 0.3) is 0 Å². The van der Waals surface area contributed by atoms with Crippen molar-refractivity contribution in [3.8, 4) is 0 Å². The van der Waals surface area contributed by atoms with E-state index in [1.807, 2.05) is 20.8 Å². The first-order valence-electron chi connectivity index (χ1n) is 17.3. The Bertz CT molecular complexity index is 855. The smallest absolute Gasteiger partial charge is 0.157 e. The van der Waals surface area contributed by atoms with Crippen LogP contribution in [0.3, 0.4) is 0 Å². The molecular weight excluding hydrogens is 494 g/mol. The molecule has 1 saturated heterocycles. The van der Waals surface area contributed by atoms with Crippen LogP contribution in [0, 0.1) is 56.2 Å². The van der Waals surface area contributed by atoms with Crippen LogP contribution in [0.2, 0.25) is 0 Å². The van der Waals surface area contributed by atoms with Crippen LogP contribution in [0.1, 0.15) is 138 Å². The summed E-state index contributed by atoms with van der Waals surface area (Å²) in [5.41, 5.74) is 1.64. The third kappa shape index (κ3) is 5.18. The normalized spacial score (nSPS) is 49.3. The number of rotatable bonds is 4. The fourth-order valence-electron chi connectivity index (χ4n) is 11.8. The highest BCUT2D eigenvalue weighted by Gasteiger charge is 2.69. The van der Waals surface area contributed by atoms with Crippen molar-refractivity contribution in [3.63, 3.8) is 0 Å². The van der Waals surface area contributed by atoms with E-state index in [0.29, 0.717) is 33.5 Å². The van der Waals surface area contributed by atoms with Gasteiger partial charge in [-0.2, -0.15) is 4.91 Å². The second-order valence-corrected chi connectivity index (χ2v) is 15.2. The molecule has 6 aliphatic rings.